The lowest BCUT2D eigenvalue weighted by atomic mass is 10.1. The van der Waals surface area contributed by atoms with Gasteiger partial charge < -0.3 is 24.8 Å². The second-order valence-electron chi connectivity index (χ2n) is 4.13. The van der Waals surface area contributed by atoms with Crippen LogP contribution < -0.4 is 5.32 Å². The van der Waals surface area contributed by atoms with Gasteiger partial charge >= 0.3 is 18.0 Å². The summed E-state index contributed by atoms with van der Waals surface area (Å²) in [7, 11) is 1.25. The zero-order valence-electron chi connectivity index (χ0n) is 10.8. The number of carboxylic acid groups (broad SMARTS) is 1. The fourth-order valence-electron chi connectivity index (χ4n) is 1.75. The lowest BCUT2D eigenvalue weighted by molar-refractivity contribution is -0.145. The van der Waals surface area contributed by atoms with Crippen molar-refractivity contribution in [2.24, 2.45) is 0 Å². The molecule has 0 bridgehead atoms. The smallest absolute Gasteiger partial charge is 0.329 e. The van der Waals surface area contributed by atoms with Crippen molar-refractivity contribution >= 4 is 18.0 Å². The number of hydrogen-bond acceptors (Lipinski definition) is 5. The molecular formula is C11H18N2O6. The van der Waals surface area contributed by atoms with Crippen LogP contribution in [0.2, 0.25) is 0 Å². The molecule has 1 saturated heterocycles. The number of carbonyl (C=O) groups is 3. The van der Waals surface area contributed by atoms with Gasteiger partial charge in [-0.2, -0.15) is 0 Å². The first-order chi connectivity index (χ1) is 9.02. The summed E-state index contributed by atoms with van der Waals surface area (Å²) in [5.74, 6) is -1.51. The number of nitrogens with one attached hydrogen (secondary N) is 1. The van der Waals surface area contributed by atoms with Crippen LogP contribution in [0.3, 0.4) is 0 Å². The van der Waals surface area contributed by atoms with Crippen LogP contribution in [0.5, 0.6) is 0 Å². The number of carboxylic acids is 1. The number of ether oxygens (including phenoxy) is 2. The van der Waals surface area contributed by atoms with Crippen molar-refractivity contribution in [1.82, 2.24) is 10.2 Å². The third-order valence-electron chi connectivity index (χ3n) is 2.78. The van der Waals surface area contributed by atoms with Gasteiger partial charge in [0.2, 0.25) is 0 Å². The quantitative estimate of drug-likeness (QED) is 0.651. The summed E-state index contributed by atoms with van der Waals surface area (Å²) in [6.45, 7) is 0.457. The van der Waals surface area contributed by atoms with Gasteiger partial charge in [0.15, 0.2) is 0 Å². The normalized spacial score (nSPS) is 15.9. The van der Waals surface area contributed by atoms with E-state index in [2.05, 4.69) is 10.1 Å². The minimum absolute atomic E-state index is 0.138. The van der Waals surface area contributed by atoms with Gasteiger partial charge in [-0.1, -0.05) is 0 Å². The number of rotatable bonds is 5. The van der Waals surface area contributed by atoms with Crippen LogP contribution in [0.1, 0.15) is 12.8 Å². The van der Waals surface area contributed by atoms with Crippen molar-refractivity contribution in [3.8, 4) is 0 Å². The fraction of sp³-hybridized carbons (Fsp3) is 0.727. The monoisotopic (exact) mass is 274 g/mol. The number of carbonyl (C=O) groups excluding carboxylic acids is 2. The highest BCUT2D eigenvalue weighted by Crippen LogP contribution is 2.13. The number of amides is 2. The predicted molar refractivity (Wildman–Crippen MR) is 63.6 cm³/mol. The minimum atomic E-state index is -1.00. The Morgan fingerprint density at radius 3 is 2.47 bits per heavy atom. The van der Waals surface area contributed by atoms with E-state index in [9.17, 15) is 14.4 Å². The summed E-state index contributed by atoms with van der Waals surface area (Å²) in [6, 6.07) is -0.331. The average molecular weight is 274 g/mol. The Kier molecular flexibility index (Phi) is 6.07. The second-order valence-corrected chi connectivity index (χ2v) is 4.13. The topological polar surface area (TPSA) is 105 Å². The third kappa shape index (κ3) is 5.56. The van der Waals surface area contributed by atoms with Gasteiger partial charge in [-0.25, -0.2) is 9.59 Å². The molecule has 0 atom stereocenters. The van der Waals surface area contributed by atoms with Crippen LogP contribution in [0.15, 0.2) is 0 Å². The Balaban J connectivity index is 2.23. The van der Waals surface area contributed by atoms with Gasteiger partial charge in [0.1, 0.15) is 13.2 Å². The van der Waals surface area contributed by atoms with Crippen LogP contribution in [-0.2, 0) is 19.1 Å². The van der Waals surface area contributed by atoms with Crippen LogP contribution in [0.4, 0.5) is 4.79 Å². The van der Waals surface area contributed by atoms with Crippen LogP contribution in [0, 0.1) is 0 Å². The van der Waals surface area contributed by atoms with Gasteiger partial charge in [0.25, 0.3) is 0 Å². The lowest BCUT2D eigenvalue weighted by Crippen LogP contribution is -2.47. The van der Waals surface area contributed by atoms with Crippen molar-refractivity contribution in [2.45, 2.75) is 18.9 Å². The molecule has 1 aliphatic rings. The summed E-state index contributed by atoms with van der Waals surface area (Å²) >= 11 is 0. The molecule has 1 aliphatic heterocycles. The van der Waals surface area contributed by atoms with Crippen LogP contribution in [0.25, 0.3) is 0 Å². The van der Waals surface area contributed by atoms with Crippen molar-refractivity contribution in [1.29, 1.82) is 0 Å². The zero-order chi connectivity index (χ0) is 14.3. The number of nitrogens with zero attached hydrogens (tertiary/aromatic N) is 1. The molecule has 19 heavy (non-hydrogen) atoms. The van der Waals surface area contributed by atoms with E-state index < -0.39 is 11.9 Å². The summed E-state index contributed by atoms with van der Waals surface area (Å²) in [5, 5.41) is 10.9. The molecule has 1 heterocycles. The zero-order valence-corrected chi connectivity index (χ0v) is 10.8. The first-order valence-electron chi connectivity index (χ1n) is 5.96. The fourth-order valence-corrected chi connectivity index (χ4v) is 1.75. The Morgan fingerprint density at radius 1 is 1.32 bits per heavy atom. The van der Waals surface area contributed by atoms with Gasteiger partial charge in [-0.3, -0.25) is 4.79 Å². The van der Waals surface area contributed by atoms with Gasteiger partial charge in [-0.05, 0) is 12.8 Å². The number of likely N-dealkylation sites (tertiary alicyclic amines) is 1. The van der Waals surface area contributed by atoms with Crippen molar-refractivity contribution in [3.63, 3.8) is 0 Å². The molecule has 1 rings (SSSR count). The Morgan fingerprint density at radius 2 is 1.95 bits per heavy atom. The molecular weight excluding hydrogens is 256 g/mol. The first kappa shape index (κ1) is 15.2. The summed E-state index contributed by atoms with van der Waals surface area (Å²) in [6.07, 6.45) is 1.03. The van der Waals surface area contributed by atoms with E-state index in [0.29, 0.717) is 25.9 Å². The molecule has 0 aromatic carbocycles. The number of esters is 1. The standard InChI is InChI=1S/C11H18N2O6/c1-18-10(16)6-12-11(17)13-4-2-8(3-5-13)19-7-9(14)15/h8H,2-7H2,1H3,(H,12,17)(H,14,15). The number of methoxy groups -OCH3 is 1. The van der Waals surface area contributed by atoms with E-state index in [-0.39, 0.29) is 25.3 Å². The van der Waals surface area contributed by atoms with Crippen LogP contribution >= 0.6 is 0 Å². The maximum Gasteiger partial charge on any atom is 0.329 e. The maximum absolute atomic E-state index is 11.7. The van der Waals surface area contributed by atoms with E-state index in [0.717, 1.165) is 0 Å². The summed E-state index contributed by atoms with van der Waals surface area (Å²) < 4.78 is 9.57. The first-order valence-corrected chi connectivity index (χ1v) is 5.96. The molecule has 8 nitrogen and oxygen atoms in total. The molecule has 0 aliphatic carbocycles. The molecule has 108 valence electrons. The Bertz CT molecular complexity index is 338. The second kappa shape index (κ2) is 7.57. The van der Waals surface area contributed by atoms with E-state index >= 15 is 0 Å². The molecule has 2 amide bonds. The van der Waals surface area contributed by atoms with Crippen molar-refractivity contribution in [3.05, 3.63) is 0 Å². The predicted octanol–water partition coefficient (Wildman–Crippen LogP) is -0.565. The molecule has 0 aromatic rings. The van der Waals surface area contributed by atoms with E-state index in [1.54, 1.807) is 4.90 Å². The number of urea groups is 1. The highest BCUT2D eigenvalue weighted by Gasteiger charge is 2.23. The third-order valence-corrected chi connectivity index (χ3v) is 2.78. The van der Waals surface area contributed by atoms with Crippen molar-refractivity contribution in [2.75, 3.05) is 33.4 Å². The number of aliphatic carboxylic acids is 1. The summed E-state index contributed by atoms with van der Waals surface area (Å²) in [5.41, 5.74) is 0. The molecule has 0 saturated carbocycles. The van der Waals surface area contributed by atoms with E-state index in [1.165, 1.54) is 7.11 Å². The molecule has 1 fully saturated rings. The molecule has 0 unspecified atom stereocenters. The average Bonchev–Trinajstić information content (AvgIpc) is 2.42. The van der Waals surface area contributed by atoms with Gasteiger partial charge in [0.05, 0.1) is 13.2 Å². The molecule has 0 radical (unpaired) electrons. The van der Waals surface area contributed by atoms with E-state index in [4.69, 9.17) is 9.84 Å². The SMILES string of the molecule is COC(=O)CNC(=O)N1CCC(OCC(=O)O)CC1. The molecule has 2 N–H and O–H groups in total. The van der Waals surface area contributed by atoms with Crippen LogP contribution in [-0.4, -0.2) is 67.4 Å². The highest BCUT2D eigenvalue weighted by molar-refractivity contribution is 5.80. The largest absolute Gasteiger partial charge is 0.480 e. The van der Waals surface area contributed by atoms with E-state index in [1.807, 2.05) is 0 Å². The van der Waals surface area contributed by atoms with Crippen molar-refractivity contribution < 1.29 is 29.0 Å². The highest BCUT2D eigenvalue weighted by atomic mass is 16.5. The number of piperidine rings is 1. The Labute approximate surface area is 110 Å². The van der Waals surface area contributed by atoms with Gasteiger partial charge in [0, 0.05) is 13.1 Å². The summed E-state index contributed by atoms with van der Waals surface area (Å²) in [4.78, 5) is 34.4. The van der Waals surface area contributed by atoms with Gasteiger partial charge in [-0.15, -0.1) is 0 Å². The number of hydrogen-bond donors (Lipinski definition) is 2. The Hall–Kier alpha value is -1.83. The lowest BCUT2D eigenvalue weighted by Gasteiger charge is -2.31. The maximum atomic E-state index is 11.7. The molecule has 8 heteroatoms. The minimum Gasteiger partial charge on any atom is -0.480 e. The molecule has 0 aromatic heterocycles. The molecule has 0 spiro atoms.